The molecule has 0 aliphatic carbocycles. The summed E-state index contributed by atoms with van der Waals surface area (Å²) in [6, 6.07) is 27.7. The Morgan fingerprint density at radius 2 is 1.38 bits per heavy atom. The Labute approximate surface area is 154 Å². The number of hydrogen-bond acceptors (Lipinski definition) is 1. The highest BCUT2D eigenvalue weighted by molar-refractivity contribution is 5.46. The van der Waals surface area contributed by atoms with Crippen LogP contribution in [-0.4, -0.2) is 0 Å². The third kappa shape index (κ3) is 2.46. The zero-order valence-corrected chi connectivity index (χ0v) is 14.7. The topological polar surface area (TPSA) is 9.23 Å². The third-order valence-electron chi connectivity index (χ3n) is 5.56. The van der Waals surface area contributed by atoms with Crippen LogP contribution in [0.15, 0.2) is 78.9 Å². The van der Waals surface area contributed by atoms with Crippen molar-refractivity contribution in [2.45, 2.75) is 25.0 Å². The molecule has 1 heteroatoms. The maximum Gasteiger partial charge on any atom is 0.0981 e. The van der Waals surface area contributed by atoms with E-state index in [9.17, 15) is 0 Å². The summed E-state index contributed by atoms with van der Waals surface area (Å²) in [6.45, 7) is 2.10. The molecule has 4 atom stereocenters. The minimum atomic E-state index is 0.0688. The first-order valence-electron chi connectivity index (χ1n) is 9.19. The highest BCUT2D eigenvalue weighted by atomic mass is 16.5. The molecule has 126 valence electrons. The molecule has 1 saturated heterocycles. The molecule has 0 aromatic heterocycles. The van der Waals surface area contributed by atoms with Crippen molar-refractivity contribution in [2.75, 3.05) is 0 Å². The summed E-state index contributed by atoms with van der Waals surface area (Å²) in [4.78, 5) is 0. The summed E-state index contributed by atoms with van der Waals surface area (Å²) in [7, 11) is 0. The lowest BCUT2D eigenvalue weighted by molar-refractivity contribution is 0.0627. The van der Waals surface area contributed by atoms with E-state index in [1.165, 1.54) is 22.3 Å². The van der Waals surface area contributed by atoms with Crippen LogP contribution in [0.25, 0.3) is 0 Å². The molecule has 0 radical (unpaired) electrons. The van der Waals surface area contributed by atoms with Gasteiger partial charge in [0, 0.05) is 11.5 Å². The molecule has 5 rings (SSSR count). The molecular weight excluding hydrogens is 316 g/mol. The SMILES string of the molecule is Cc1ccc(C#C[C@@H]2[C@H](c3ccccc3)[C@@H]3O[C@H]2c2ccccc23)cc1. The number of fused-ring (bicyclic) bond motifs is 5. The fraction of sp³-hybridized carbons (Fsp3) is 0.200. The van der Waals surface area contributed by atoms with E-state index < -0.39 is 0 Å². The number of ether oxygens (including phenoxy) is 1. The predicted octanol–water partition coefficient (Wildman–Crippen LogP) is 5.57. The summed E-state index contributed by atoms with van der Waals surface area (Å²) in [6.07, 6.45) is 0.176. The van der Waals surface area contributed by atoms with E-state index in [1.54, 1.807) is 0 Å². The zero-order chi connectivity index (χ0) is 17.5. The van der Waals surface area contributed by atoms with E-state index in [1.807, 2.05) is 0 Å². The van der Waals surface area contributed by atoms with Crippen LogP contribution in [-0.2, 0) is 4.74 Å². The van der Waals surface area contributed by atoms with E-state index in [0.717, 1.165) is 5.56 Å². The Balaban J connectivity index is 1.58. The van der Waals surface area contributed by atoms with E-state index in [2.05, 4.69) is 97.6 Å². The second kappa shape index (κ2) is 6.16. The number of benzene rings is 3. The average Bonchev–Trinajstić information content (AvgIpc) is 3.25. The van der Waals surface area contributed by atoms with Crippen molar-refractivity contribution in [1.82, 2.24) is 0 Å². The van der Waals surface area contributed by atoms with Gasteiger partial charge >= 0.3 is 0 Å². The van der Waals surface area contributed by atoms with Gasteiger partial charge in [-0.1, -0.05) is 84.1 Å². The first-order chi connectivity index (χ1) is 12.8. The van der Waals surface area contributed by atoms with Crippen molar-refractivity contribution in [3.05, 3.63) is 107 Å². The molecule has 0 saturated carbocycles. The van der Waals surface area contributed by atoms with Crippen molar-refractivity contribution in [1.29, 1.82) is 0 Å². The van der Waals surface area contributed by atoms with Gasteiger partial charge in [-0.25, -0.2) is 0 Å². The minimum Gasteiger partial charge on any atom is -0.364 e. The lowest BCUT2D eigenvalue weighted by Crippen LogP contribution is -2.19. The molecule has 0 spiro atoms. The van der Waals surface area contributed by atoms with Gasteiger partial charge in [-0.15, -0.1) is 0 Å². The van der Waals surface area contributed by atoms with Gasteiger partial charge in [0.2, 0.25) is 0 Å². The Hall–Kier alpha value is -2.82. The first kappa shape index (κ1) is 15.4. The summed E-state index contributed by atoms with van der Waals surface area (Å²) >= 11 is 0. The molecule has 0 amide bonds. The molecule has 0 N–H and O–H groups in total. The van der Waals surface area contributed by atoms with Gasteiger partial charge < -0.3 is 4.74 Å². The van der Waals surface area contributed by atoms with Gasteiger partial charge in [-0.2, -0.15) is 0 Å². The van der Waals surface area contributed by atoms with Crippen molar-refractivity contribution in [3.63, 3.8) is 0 Å². The van der Waals surface area contributed by atoms with Crippen molar-refractivity contribution >= 4 is 0 Å². The normalized spacial score (nSPS) is 25.4. The smallest absolute Gasteiger partial charge is 0.0981 e. The molecule has 2 bridgehead atoms. The maximum atomic E-state index is 6.43. The Morgan fingerprint density at radius 1 is 0.731 bits per heavy atom. The van der Waals surface area contributed by atoms with Crippen LogP contribution in [0.2, 0.25) is 0 Å². The van der Waals surface area contributed by atoms with Crippen LogP contribution in [0.1, 0.15) is 45.9 Å². The quantitative estimate of drug-likeness (QED) is 0.528. The standard InChI is InChI=1S/C25H20O/c1-17-11-13-18(14-12-17)15-16-22-23(19-7-3-2-4-8-19)25-21-10-6-5-9-20(21)24(22)26-25/h2-14,22-25H,1H3/t22-,23+,24+,25-/m1/s1. The van der Waals surface area contributed by atoms with Gasteiger partial charge in [-0.05, 0) is 35.7 Å². The first-order valence-corrected chi connectivity index (χ1v) is 9.19. The summed E-state index contributed by atoms with van der Waals surface area (Å²) in [5.41, 5.74) is 6.29. The molecule has 0 unspecified atom stereocenters. The molecule has 26 heavy (non-hydrogen) atoms. The van der Waals surface area contributed by atoms with Crippen molar-refractivity contribution in [3.8, 4) is 11.8 Å². The molecular formula is C25H20O. The lowest BCUT2D eigenvalue weighted by atomic mass is 9.73. The Kier molecular flexibility index (Phi) is 3.66. The van der Waals surface area contributed by atoms with Crippen LogP contribution >= 0.6 is 0 Å². The molecule has 1 nitrogen and oxygen atoms in total. The zero-order valence-electron chi connectivity index (χ0n) is 14.7. The van der Waals surface area contributed by atoms with Crippen molar-refractivity contribution < 1.29 is 4.74 Å². The van der Waals surface area contributed by atoms with Gasteiger partial charge in [0.05, 0.1) is 18.1 Å². The molecule has 3 aromatic rings. The maximum absolute atomic E-state index is 6.43. The van der Waals surface area contributed by atoms with Gasteiger partial charge in [0.15, 0.2) is 0 Å². The highest BCUT2D eigenvalue weighted by Crippen LogP contribution is 2.60. The minimum absolute atomic E-state index is 0.0688. The van der Waals surface area contributed by atoms with Crippen LogP contribution in [0.5, 0.6) is 0 Å². The second-order valence-electron chi connectivity index (χ2n) is 7.20. The van der Waals surface area contributed by atoms with E-state index in [0.29, 0.717) is 0 Å². The molecule has 2 aliphatic heterocycles. The lowest BCUT2D eigenvalue weighted by Gasteiger charge is -2.26. The van der Waals surface area contributed by atoms with Crippen LogP contribution in [0.3, 0.4) is 0 Å². The van der Waals surface area contributed by atoms with Crippen LogP contribution in [0.4, 0.5) is 0 Å². The number of aryl methyl sites for hydroxylation is 1. The second-order valence-corrected chi connectivity index (χ2v) is 7.20. The summed E-state index contributed by atoms with van der Waals surface area (Å²) < 4.78 is 6.43. The van der Waals surface area contributed by atoms with E-state index >= 15 is 0 Å². The average molecular weight is 336 g/mol. The van der Waals surface area contributed by atoms with Gasteiger partial charge in [0.25, 0.3) is 0 Å². The van der Waals surface area contributed by atoms with Gasteiger partial charge in [-0.3, -0.25) is 0 Å². The summed E-state index contributed by atoms with van der Waals surface area (Å²) in [5.74, 6) is 7.43. The molecule has 1 fully saturated rings. The van der Waals surface area contributed by atoms with E-state index in [-0.39, 0.29) is 24.0 Å². The van der Waals surface area contributed by atoms with Crippen LogP contribution < -0.4 is 0 Å². The Morgan fingerprint density at radius 3 is 2.12 bits per heavy atom. The number of rotatable bonds is 1. The number of hydrogen-bond donors (Lipinski definition) is 0. The van der Waals surface area contributed by atoms with Crippen molar-refractivity contribution in [2.24, 2.45) is 5.92 Å². The van der Waals surface area contributed by atoms with Gasteiger partial charge in [0.1, 0.15) is 0 Å². The Bertz CT molecular complexity index is 992. The third-order valence-corrected chi connectivity index (χ3v) is 5.56. The monoisotopic (exact) mass is 336 g/mol. The molecule has 3 aromatic carbocycles. The largest absolute Gasteiger partial charge is 0.364 e. The fourth-order valence-electron chi connectivity index (χ4n) is 4.29. The molecule has 2 aliphatic rings. The highest BCUT2D eigenvalue weighted by Gasteiger charge is 2.52. The predicted molar refractivity (Wildman–Crippen MR) is 104 cm³/mol. The van der Waals surface area contributed by atoms with E-state index in [4.69, 9.17) is 4.74 Å². The molecule has 2 heterocycles. The van der Waals surface area contributed by atoms with Crippen LogP contribution in [0, 0.1) is 24.7 Å². The summed E-state index contributed by atoms with van der Waals surface area (Å²) in [5, 5.41) is 0. The fourth-order valence-corrected chi connectivity index (χ4v) is 4.29.